The van der Waals surface area contributed by atoms with Gasteiger partial charge in [0.05, 0.1) is 0 Å². The molecule has 0 aliphatic heterocycles. The lowest BCUT2D eigenvalue weighted by Crippen LogP contribution is -2.36. The fourth-order valence-electron chi connectivity index (χ4n) is 2.46. The second-order valence-electron chi connectivity index (χ2n) is 5.43. The summed E-state index contributed by atoms with van der Waals surface area (Å²) >= 11 is 3.36. The first-order valence-corrected chi connectivity index (χ1v) is 8.90. The van der Waals surface area contributed by atoms with Gasteiger partial charge in [0.2, 0.25) is 0 Å². The van der Waals surface area contributed by atoms with E-state index in [0.29, 0.717) is 11.3 Å². The Morgan fingerprint density at radius 2 is 1.83 bits per heavy atom. The Bertz CT molecular complexity index is 669. The van der Waals surface area contributed by atoms with Crippen molar-refractivity contribution in [3.8, 4) is 5.75 Å². The van der Waals surface area contributed by atoms with Gasteiger partial charge in [-0.15, -0.1) is 0 Å². The van der Waals surface area contributed by atoms with Gasteiger partial charge in [0.25, 0.3) is 5.91 Å². The topological polar surface area (TPSA) is 41.6 Å². The maximum atomic E-state index is 12.3. The number of anilines is 1. The molecule has 0 spiro atoms. The number of carbonyl (C=O) groups is 1. The predicted molar refractivity (Wildman–Crippen MR) is 102 cm³/mol. The lowest BCUT2D eigenvalue weighted by Gasteiger charge is -2.27. The van der Waals surface area contributed by atoms with E-state index in [1.54, 1.807) is 12.1 Å². The number of benzene rings is 2. The van der Waals surface area contributed by atoms with Gasteiger partial charge in [-0.2, -0.15) is 0 Å². The van der Waals surface area contributed by atoms with Gasteiger partial charge in [0.15, 0.2) is 0 Å². The van der Waals surface area contributed by atoms with E-state index in [9.17, 15) is 4.79 Å². The Balaban J connectivity index is 2.04. The van der Waals surface area contributed by atoms with Gasteiger partial charge in [0.1, 0.15) is 12.0 Å². The number of carbonyl (C=O) groups excluding carboxylic acids is 1. The molecule has 0 saturated heterocycles. The molecule has 128 valence electrons. The van der Waals surface area contributed by atoms with Crippen LogP contribution in [0.5, 0.6) is 5.75 Å². The molecular weight excluding hydrogens is 368 g/mol. The minimum absolute atomic E-state index is 0.0163. The minimum atomic E-state index is -0.142. The highest BCUT2D eigenvalue weighted by atomic mass is 79.9. The summed E-state index contributed by atoms with van der Waals surface area (Å²) in [6.07, 6.45) is -0.0163. The highest BCUT2D eigenvalue weighted by molar-refractivity contribution is 9.10. The van der Waals surface area contributed by atoms with Crippen molar-refractivity contribution in [3.63, 3.8) is 0 Å². The number of ether oxygens (including phenoxy) is 1. The summed E-state index contributed by atoms with van der Waals surface area (Å²) in [6.45, 7) is 8.10. The van der Waals surface area contributed by atoms with Crippen LogP contribution < -0.4 is 10.1 Å². The average Bonchev–Trinajstić information content (AvgIpc) is 2.57. The highest BCUT2D eigenvalue weighted by Gasteiger charge is 2.12. The van der Waals surface area contributed by atoms with Crippen LogP contribution in [0.1, 0.15) is 31.1 Å². The van der Waals surface area contributed by atoms with Crippen LogP contribution >= 0.6 is 15.9 Å². The van der Waals surface area contributed by atoms with Crippen LogP contribution in [0.3, 0.4) is 0 Å². The Morgan fingerprint density at radius 1 is 1.17 bits per heavy atom. The molecule has 2 aromatic carbocycles. The zero-order valence-corrected chi connectivity index (χ0v) is 15.8. The van der Waals surface area contributed by atoms with Crippen molar-refractivity contribution in [3.05, 3.63) is 58.6 Å². The van der Waals surface area contributed by atoms with Gasteiger partial charge < -0.3 is 10.1 Å². The van der Waals surface area contributed by atoms with Crippen LogP contribution in [0.2, 0.25) is 0 Å². The van der Waals surface area contributed by atoms with Crippen molar-refractivity contribution in [1.29, 1.82) is 0 Å². The molecule has 0 heterocycles. The van der Waals surface area contributed by atoms with Crippen molar-refractivity contribution >= 4 is 27.5 Å². The highest BCUT2D eigenvalue weighted by Crippen LogP contribution is 2.20. The summed E-state index contributed by atoms with van der Waals surface area (Å²) in [5.74, 6) is 0.597. The van der Waals surface area contributed by atoms with E-state index in [1.807, 2.05) is 43.3 Å². The summed E-state index contributed by atoms with van der Waals surface area (Å²) in [5.41, 5.74) is 1.33. The second kappa shape index (κ2) is 8.85. The van der Waals surface area contributed by atoms with Gasteiger partial charge in [-0.1, -0.05) is 35.8 Å². The van der Waals surface area contributed by atoms with Crippen molar-refractivity contribution < 1.29 is 9.53 Å². The summed E-state index contributed by atoms with van der Waals surface area (Å²) in [4.78, 5) is 14.5. The quantitative estimate of drug-likeness (QED) is 0.692. The van der Waals surface area contributed by atoms with E-state index in [1.165, 1.54) is 0 Å². The molecule has 0 fully saturated rings. The van der Waals surface area contributed by atoms with Crippen molar-refractivity contribution in [1.82, 2.24) is 4.90 Å². The molecule has 5 heteroatoms. The molecule has 0 aliphatic rings. The third-order valence-electron chi connectivity index (χ3n) is 3.83. The lowest BCUT2D eigenvalue weighted by molar-refractivity contribution is 0.0481. The van der Waals surface area contributed by atoms with E-state index >= 15 is 0 Å². The summed E-state index contributed by atoms with van der Waals surface area (Å²) < 4.78 is 6.91. The minimum Gasteiger partial charge on any atom is -0.475 e. The van der Waals surface area contributed by atoms with Gasteiger partial charge in [-0.25, -0.2) is 0 Å². The van der Waals surface area contributed by atoms with E-state index in [2.05, 4.69) is 40.0 Å². The number of hydrogen-bond donors (Lipinski definition) is 1. The number of amides is 1. The van der Waals surface area contributed by atoms with Crippen molar-refractivity contribution in [2.45, 2.75) is 27.0 Å². The maximum Gasteiger partial charge on any atom is 0.255 e. The number of nitrogens with one attached hydrogen (secondary N) is 1. The number of hydrogen-bond acceptors (Lipinski definition) is 3. The van der Waals surface area contributed by atoms with E-state index in [4.69, 9.17) is 4.74 Å². The number of nitrogens with zero attached hydrogens (tertiary/aromatic N) is 1. The molecule has 0 aliphatic carbocycles. The van der Waals surface area contributed by atoms with E-state index in [0.717, 1.165) is 23.3 Å². The molecule has 1 amide bonds. The average molecular weight is 391 g/mol. The van der Waals surface area contributed by atoms with Crippen LogP contribution in [0.4, 0.5) is 5.69 Å². The van der Waals surface area contributed by atoms with Gasteiger partial charge in [0, 0.05) is 21.8 Å². The Morgan fingerprint density at radius 3 is 2.46 bits per heavy atom. The fraction of sp³-hybridized carbons (Fsp3) is 0.316. The van der Waals surface area contributed by atoms with Gasteiger partial charge in [-0.3, -0.25) is 9.69 Å². The molecule has 2 aromatic rings. The molecule has 0 aromatic heterocycles. The maximum absolute atomic E-state index is 12.3. The van der Waals surface area contributed by atoms with Crippen molar-refractivity contribution in [2.75, 3.05) is 18.4 Å². The molecular formula is C19H23BrN2O2. The molecule has 4 nitrogen and oxygen atoms in total. The third kappa shape index (κ3) is 5.08. The smallest absolute Gasteiger partial charge is 0.255 e. The largest absolute Gasteiger partial charge is 0.475 e. The number of rotatable bonds is 7. The Hall–Kier alpha value is -1.85. The molecule has 24 heavy (non-hydrogen) atoms. The predicted octanol–water partition coefficient (Wildman–Crippen LogP) is 4.77. The second-order valence-corrected chi connectivity index (χ2v) is 6.34. The molecule has 0 saturated carbocycles. The van der Waals surface area contributed by atoms with E-state index < -0.39 is 0 Å². The first kappa shape index (κ1) is 18.5. The lowest BCUT2D eigenvalue weighted by atomic mass is 10.2. The van der Waals surface area contributed by atoms with Crippen LogP contribution in [-0.2, 0) is 0 Å². The number of halogens is 1. The zero-order valence-electron chi connectivity index (χ0n) is 14.3. The first-order valence-electron chi connectivity index (χ1n) is 8.11. The molecule has 0 radical (unpaired) electrons. The Labute approximate surface area is 151 Å². The molecule has 0 bridgehead atoms. The van der Waals surface area contributed by atoms with E-state index in [-0.39, 0.29) is 12.1 Å². The molecule has 1 N–H and O–H groups in total. The van der Waals surface area contributed by atoms with Gasteiger partial charge in [-0.05, 0) is 56.4 Å². The van der Waals surface area contributed by atoms with Crippen LogP contribution in [0.25, 0.3) is 0 Å². The molecule has 1 unspecified atom stereocenters. The fourth-order valence-corrected chi connectivity index (χ4v) is 2.73. The zero-order chi connectivity index (χ0) is 17.5. The molecule has 1 atom stereocenters. The van der Waals surface area contributed by atoms with Crippen LogP contribution in [-0.4, -0.2) is 30.1 Å². The third-order valence-corrected chi connectivity index (χ3v) is 4.36. The summed E-state index contributed by atoms with van der Waals surface area (Å²) in [5, 5.41) is 2.90. The van der Waals surface area contributed by atoms with Crippen molar-refractivity contribution in [2.24, 2.45) is 0 Å². The summed E-state index contributed by atoms with van der Waals surface area (Å²) in [7, 11) is 0. The molecule has 2 rings (SSSR count). The monoisotopic (exact) mass is 390 g/mol. The normalized spacial score (nSPS) is 12.0. The standard InChI is InChI=1S/C19H23BrN2O2/c1-4-22(5-2)14(3)24-18-8-6-7-17(13-18)21-19(23)15-9-11-16(20)12-10-15/h6-14H,4-5H2,1-3H3,(H,21,23). The Kier molecular flexibility index (Phi) is 6.82. The SMILES string of the molecule is CCN(CC)C(C)Oc1cccc(NC(=O)c2ccc(Br)cc2)c1. The van der Waals surface area contributed by atoms with Crippen LogP contribution in [0.15, 0.2) is 53.0 Å². The summed E-state index contributed by atoms with van der Waals surface area (Å²) in [6, 6.07) is 14.7. The van der Waals surface area contributed by atoms with Gasteiger partial charge >= 0.3 is 0 Å². The van der Waals surface area contributed by atoms with Crippen LogP contribution in [0, 0.1) is 0 Å². The first-order chi connectivity index (χ1) is 11.5.